The second kappa shape index (κ2) is 6.80. The molecule has 2 aliphatic rings. The highest BCUT2D eigenvalue weighted by atomic mass is 16.5. The van der Waals surface area contributed by atoms with Gasteiger partial charge in [0.05, 0.1) is 12.5 Å². The van der Waals surface area contributed by atoms with Gasteiger partial charge in [-0.05, 0) is 37.9 Å². The third-order valence-electron chi connectivity index (χ3n) is 5.42. The zero-order valence-electron chi connectivity index (χ0n) is 13.4. The third kappa shape index (κ3) is 3.18. The molecule has 0 bridgehead atoms. The van der Waals surface area contributed by atoms with Crippen molar-refractivity contribution < 1.29 is 9.53 Å². The van der Waals surface area contributed by atoms with Gasteiger partial charge in [-0.15, -0.1) is 0 Å². The number of hydrogen-bond acceptors (Lipinski definition) is 3. The summed E-state index contributed by atoms with van der Waals surface area (Å²) < 4.78 is 5.28. The average Bonchev–Trinajstić information content (AvgIpc) is 2.86. The molecule has 1 amide bonds. The predicted octanol–water partition coefficient (Wildman–Crippen LogP) is 1.70. The summed E-state index contributed by atoms with van der Waals surface area (Å²) in [5.41, 5.74) is 1.52. The number of rotatable bonds is 5. The van der Waals surface area contributed by atoms with E-state index < -0.39 is 0 Å². The number of benzene rings is 1. The zero-order chi connectivity index (χ0) is 15.4. The van der Waals surface area contributed by atoms with Gasteiger partial charge in [-0.2, -0.15) is 0 Å². The van der Waals surface area contributed by atoms with Gasteiger partial charge in [-0.1, -0.05) is 30.3 Å². The Morgan fingerprint density at radius 1 is 1.27 bits per heavy atom. The summed E-state index contributed by atoms with van der Waals surface area (Å²) in [6.45, 7) is 4.66. The van der Waals surface area contributed by atoms with Crippen molar-refractivity contribution >= 4 is 5.91 Å². The highest BCUT2D eigenvalue weighted by Gasteiger charge is 2.49. The molecule has 2 fully saturated rings. The fourth-order valence-electron chi connectivity index (χ4n) is 3.89. The molecule has 1 aromatic rings. The topological polar surface area (TPSA) is 41.6 Å². The highest BCUT2D eigenvalue weighted by Crippen LogP contribution is 2.42. The van der Waals surface area contributed by atoms with E-state index in [9.17, 15) is 4.79 Å². The largest absolute Gasteiger partial charge is 0.384 e. The van der Waals surface area contributed by atoms with Crippen LogP contribution >= 0.6 is 0 Å². The van der Waals surface area contributed by atoms with Crippen molar-refractivity contribution in [1.82, 2.24) is 10.2 Å². The first-order valence-corrected chi connectivity index (χ1v) is 8.26. The Kier molecular flexibility index (Phi) is 4.79. The molecule has 22 heavy (non-hydrogen) atoms. The standard InChI is InChI=1S/C18H26N2O2/c1-22-13-16-17(21)19-14-18(16)8-11-20(12-9-18)10-7-15-5-3-2-4-6-15/h2-6,16H,7-14H2,1H3,(H,19,21)/t16-/m1/s1. The van der Waals surface area contributed by atoms with Crippen molar-refractivity contribution in [1.29, 1.82) is 0 Å². The van der Waals surface area contributed by atoms with Crippen molar-refractivity contribution in [2.24, 2.45) is 11.3 Å². The quantitative estimate of drug-likeness (QED) is 0.900. The lowest BCUT2D eigenvalue weighted by atomic mass is 9.71. The molecular weight excluding hydrogens is 276 g/mol. The molecule has 0 aliphatic carbocycles. The van der Waals surface area contributed by atoms with Crippen molar-refractivity contribution in [3.05, 3.63) is 35.9 Å². The number of piperidine rings is 1. The van der Waals surface area contributed by atoms with Crippen LogP contribution in [-0.2, 0) is 16.0 Å². The fourth-order valence-corrected chi connectivity index (χ4v) is 3.89. The molecule has 2 aliphatic heterocycles. The lowest BCUT2D eigenvalue weighted by Gasteiger charge is -2.41. The second-order valence-electron chi connectivity index (χ2n) is 6.67. The van der Waals surface area contributed by atoms with Crippen LogP contribution in [0.4, 0.5) is 0 Å². The first-order chi connectivity index (χ1) is 10.7. The Balaban J connectivity index is 1.52. The monoisotopic (exact) mass is 302 g/mol. The Hall–Kier alpha value is -1.39. The number of nitrogens with one attached hydrogen (secondary N) is 1. The summed E-state index contributed by atoms with van der Waals surface area (Å²) in [6.07, 6.45) is 3.29. The number of carbonyl (C=O) groups excluding carboxylic acids is 1. The van der Waals surface area contributed by atoms with Crippen LogP contribution in [-0.4, -0.2) is 50.7 Å². The summed E-state index contributed by atoms with van der Waals surface area (Å²) >= 11 is 0. The molecule has 0 aromatic heterocycles. The molecular formula is C18H26N2O2. The molecule has 0 unspecified atom stereocenters. The van der Waals surface area contributed by atoms with Crippen molar-refractivity contribution in [3.8, 4) is 0 Å². The first-order valence-electron chi connectivity index (χ1n) is 8.26. The molecule has 120 valence electrons. The number of nitrogens with zero attached hydrogens (tertiary/aromatic N) is 1. The van der Waals surface area contributed by atoms with Crippen LogP contribution in [0.5, 0.6) is 0 Å². The Morgan fingerprint density at radius 3 is 2.68 bits per heavy atom. The van der Waals surface area contributed by atoms with E-state index in [2.05, 4.69) is 40.5 Å². The van der Waals surface area contributed by atoms with Gasteiger partial charge in [0.25, 0.3) is 0 Å². The van der Waals surface area contributed by atoms with Gasteiger partial charge >= 0.3 is 0 Å². The Labute approximate surface area is 132 Å². The maximum atomic E-state index is 12.0. The summed E-state index contributed by atoms with van der Waals surface area (Å²) in [6, 6.07) is 10.7. The van der Waals surface area contributed by atoms with Crippen molar-refractivity contribution in [2.45, 2.75) is 19.3 Å². The molecule has 1 spiro atoms. The van der Waals surface area contributed by atoms with Crippen LogP contribution < -0.4 is 5.32 Å². The van der Waals surface area contributed by atoms with Crippen LogP contribution in [0.3, 0.4) is 0 Å². The zero-order valence-corrected chi connectivity index (χ0v) is 13.4. The number of carbonyl (C=O) groups is 1. The van der Waals surface area contributed by atoms with E-state index in [1.54, 1.807) is 7.11 Å². The minimum absolute atomic E-state index is 0.0359. The summed E-state index contributed by atoms with van der Waals surface area (Å²) in [7, 11) is 1.69. The van der Waals surface area contributed by atoms with Gasteiger partial charge in [0, 0.05) is 25.6 Å². The van der Waals surface area contributed by atoms with E-state index in [1.165, 1.54) is 5.56 Å². The minimum Gasteiger partial charge on any atom is -0.384 e. The van der Waals surface area contributed by atoms with E-state index >= 15 is 0 Å². The predicted molar refractivity (Wildman–Crippen MR) is 86.6 cm³/mol. The van der Waals surface area contributed by atoms with Crippen LogP contribution in [0.2, 0.25) is 0 Å². The van der Waals surface area contributed by atoms with E-state index in [0.717, 1.165) is 45.4 Å². The number of likely N-dealkylation sites (tertiary alicyclic amines) is 1. The average molecular weight is 302 g/mol. The van der Waals surface area contributed by atoms with Crippen molar-refractivity contribution in [2.75, 3.05) is 39.9 Å². The minimum atomic E-state index is 0.0359. The lowest BCUT2D eigenvalue weighted by molar-refractivity contribution is -0.126. The SMILES string of the molecule is COC[C@@H]1C(=O)NCC12CCN(CCc1ccccc1)CC2. The maximum absolute atomic E-state index is 12.0. The molecule has 4 nitrogen and oxygen atoms in total. The summed E-state index contributed by atoms with van der Waals surface area (Å²) in [5.74, 6) is 0.216. The number of hydrogen-bond donors (Lipinski definition) is 1. The molecule has 1 N–H and O–H groups in total. The highest BCUT2D eigenvalue weighted by molar-refractivity contribution is 5.82. The molecule has 3 rings (SSSR count). The number of ether oxygens (including phenoxy) is 1. The molecule has 1 atom stereocenters. The Morgan fingerprint density at radius 2 is 2.00 bits per heavy atom. The fraction of sp³-hybridized carbons (Fsp3) is 0.611. The number of amides is 1. The van der Waals surface area contributed by atoms with Gasteiger partial charge in [0.2, 0.25) is 5.91 Å². The van der Waals surface area contributed by atoms with Gasteiger partial charge in [-0.3, -0.25) is 4.79 Å². The van der Waals surface area contributed by atoms with Crippen molar-refractivity contribution in [3.63, 3.8) is 0 Å². The summed E-state index contributed by atoms with van der Waals surface area (Å²) in [4.78, 5) is 14.6. The molecule has 1 aromatic carbocycles. The van der Waals surface area contributed by atoms with Crippen LogP contribution in [0.15, 0.2) is 30.3 Å². The molecule has 2 heterocycles. The van der Waals surface area contributed by atoms with Gasteiger partial charge < -0.3 is 15.0 Å². The maximum Gasteiger partial charge on any atom is 0.226 e. The second-order valence-corrected chi connectivity index (χ2v) is 6.67. The van der Waals surface area contributed by atoms with E-state index in [-0.39, 0.29) is 17.2 Å². The number of methoxy groups -OCH3 is 1. The molecule has 0 saturated carbocycles. The molecule has 0 radical (unpaired) electrons. The van der Waals surface area contributed by atoms with E-state index in [1.807, 2.05) is 0 Å². The lowest BCUT2D eigenvalue weighted by Crippen LogP contribution is -2.45. The van der Waals surface area contributed by atoms with Gasteiger partial charge in [0.15, 0.2) is 0 Å². The van der Waals surface area contributed by atoms with Crippen LogP contribution in [0.25, 0.3) is 0 Å². The van der Waals surface area contributed by atoms with Gasteiger partial charge in [-0.25, -0.2) is 0 Å². The van der Waals surface area contributed by atoms with Gasteiger partial charge in [0.1, 0.15) is 0 Å². The smallest absolute Gasteiger partial charge is 0.226 e. The van der Waals surface area contributed by atoms with Crippen LogP contribution in [0, 0.1) is 11.3 Å². The van der Waals surface area contributed by atoms with E-state index in [0.29, 0.717) is 6.61 Å². The Bertz CT molecular complexity index is 495. The van der Waals surface area contributed by atoms with E-state index in [4.69, 9.17) is 4.74 Å². The first kappa shape index (κ1) is 15.5. The third-order valence-corrected chi connectivity index (χ3v) is 5.42. The molecule has 2 saturated heterocycles. The summed E-state index contributed by atoms with van der Waals surface area (Å²) in [5, 5.41) is 3.05. The van der Waals surface area contributed by atoms with Crippen LogP contribution in [0.1, 0.15) is 18.4 Å². The normalized spacial score (nSPS) is 24.6. The molecule has 4 heteroatoms.